The van der Waals surface area contributed by atoms with Crippen molar-refractivity contribution in [2.24, 2.45) is 0 Å². The highest BCUT2D eigenvalue weighted by atomic mass is 16.2. The molecule has 3 rings (SSSR count). The smallest absolute Gasteiger partial charge is 0.321 e. The Labute approximate surface area is 148 Å². The third-order valence-electron chi connectivity index (χ3n) is 4.65. The zero-order valence-corrected chi connectivity index (χ0v) is 14.6. The molecule has 1 heterocycles. The van der Waals surface area contributed by atoms with Gasteiger partial charge in [0.05, 0.1) is 11.3 Å². The van der Waals surface area contributed by atoms with Crippen molar-refractivity contribution in [3.63, 3.8) is 0 Å². The molecule has 2 aromatic rings. The Morgan fingerprint density at radius 3 is 2.28 bits per heavy atom. The van der Waals surface area contributed by atoms with Gasteiger partial charge in [0.2, 0.25) is 0 Å². The van der Waals surface area contributed by atoms with Crippen molar-refractivity contribution in [3.05, 3.63) is 59.2 Å². The van der Waals surface area contributed by atoms with Crippen LogP contribution in [-0.4, -0.2) is 37.1 Å². The summed E-state index contributed by atoms with van der Waals surface area (Å²) in [6.07, 6.45) is 0. The molecule has 5 heteroatoms. The van der Waals surface area contributed by atoms with E-state index in [-0.39, 0.29) is 6.03 Å². The maximum absolute atomic E-state index is 12.6. The van der Waals surface area contributed by atoms with E-state index in [0.29, 0.717) is 18.7 Å². The number of aryl methyl sites for hydroxylation is 2. The number of amides is 2. The maximum Gasteiger partial charge on any atom is 0.321 e. The quantitative estimate of drug-likeness (QED) is 0.914. The first kappa shape index (κ1) is 16.8. The standard InChI is InChI=1S/C20H22N4O/c1-15-6-5-7-16(2)19(15)22-20(25)24-12-10-23(11-13-24)18-9-4-3-8-17(18)14-21/h3-9H,10-13H2,1-2H3,(H,22,25). The first-order valence-electron chi connectivity index (χ1n) is 8.46. The van der Waals surface area contributed by atoms with Crippen LogP contribution in [0.5, 0.6) is 0 Å². The minimum atomic E-state index is -0.0642. The number of carbonyl (C=O) groups excluding carboxylic acids is 1. The second-order valence-corrected chi connectivity index (χ2v) is 6.30. The zero-order chi connectivity index (χ0) is 17.8. The lowest BCUT2D eigenvalue weighted by atomic mass is 10.1. The van der Waals surface area contributed by atoms with Gasteiger partial charge in [0.15, 0.2) is 0 Å². The Balaban J connectivity index is 1.64. The minimum absolute atomic E-state index is 0.0642. The normalized spacial score (nSPS) is 14.1. The van der Waals surface area contributed by atoms with E-state index >= 15 is 0 Å². The molecule has 0 bridgehead atoms. The molecule has 0 aromatic heterocycles. The summed E-state index contributed by atoms with van der Waals surface area (Å²) in [7, 11) is 0. The number of nitrogens with zero attached hydrogens (tertiary/aromatic N) is 3. The molecule has 5 nitrogen and oxygen atoms in total. The van der Waals surface area contributed by atoms with Gasteiger partial charge in [-0.1, -0.05) is 30.3 Å². The first-order chi connectivity index (χ1) is 12.1. The van der Waals surface area contributed by atoms with Crippen molar-refractivity contribution >= 4 is 17.4 Å². The van der Waals surface area contributed by atoms with Crippen LogP contribution >= 0.6 is 0 Å². The van der Waals surface area contributed by atoms with Crippen LogP contribution in [0.15, 0.2) is 42.5 Å². The molecule has 2 amide bonds. The number of nitrogens with one attached hydrogen (secondary N) is 1. The highest BCUT2D eigenvalue weighted by molar-refractivity contribution is 5.91. The summed E-state index contributed by atoms with van der Waals surface area (Å²) >= 11 is 0. The lowest BCUT2D eigenvalue weighted by molar-refractivity contribution is 0.208. The molecule has 2 aromatic carbocycles. The Hall–Kier alpha value is -3.00. The summed E-state index contributed by atoms with van der Waals surface area (Å²) in [6, 6.07) is 15.8. The van der Waals surface area contributed by atoms with E-state index in [1.807, 2.05) is 61.2 Å². The van der Waals surface area contributed by atoms with Gasteiger partial charge in [0.25, 0.3) is 0 Å². The van der Waals surface area contributed by atoms with E-state index in [1.54, 1.807) is 0 Å². The summed E-state index contributed by atoms with van der Waals surface area (Å²) in [4.78, 5) is 16.6. The molecule has 25 heavy (non-hydrogen) atoms. The SMILES string of the molecule is Cc1cccc(C)c1NC(=O)N1CCN(c2ccccc2C#N)CC1. The van der Waals surface area contributed by atoms with Crippen LogP contribution in [0.4, 0.5) is 16.2 Å². The molecule has 1 aliphatic rings. The summed E-state index contributed by atoms with van der Waals surface area (Å²) in [5.41, 5.74) is 4.64. The first-order valence-corrected chi connectivity index (χ1v) is 8.46. The van der Waals surface area contributed by atoms with E-state index < -0.39 is 0 Å². The van der Waals surface area contributed by atoms with Crippen LogP contribution in [-0.2, 0) is 0 Å². The summed E-state index contributed by atoms with van der Waals surface area (Å²) in [5.74, 6) is 0. The highest BCUT2D eigenvalue weighted by Crippen LogP contribution is 2.23. The van der Waals surface area contributed by atoms with Gasteiger partial charge >= 0.3 is 6.03 Å². The van der Waals surface area contributed by atoms with Gasteiger partial charge in [-0.3, -0.25) is 0 Å². The van der Waals surface area contributed by atoms with Gasteiger partial charge in [-0.25, -0.2) is 4.79 Å². The number of urea groups is 1. The van der Waals surface area contributed by atoms with Crippen molar-refractivity contribution in [1.29, 1.82) is 5.26 Å². The second-order valence-electron chi connectivity index (χ2n) is 6.30. The van der Waals surface area contributed by atoms with E-state index in [0.717, 1.165) is 35.6 Å². The number of hydrogen-bond donors (Lipinski definition) is 1. The molecule has 0 unspecified atom stereocenters. The van der Waals surface area contributed by atoms with Crippen molar-refractivity contribution in [2.75, 3.05) is 36.4 Å². The van der Waals surface area contributed by atoms with E-state index in [2.05, 4.69) is 16.3 Å². The van der Waals surface area contributed by atoms with Crippen LogP contribution in [0.2, 0.25) is 0 Å². The van der Waals surface area contributed by atoms with E-state index in [1.165, 1.54) is 0 Å². The third-order valence-corrected chi connectivity index (χ3v) is 4.65. The lowest BCUT2D eigenvalue weighted by Crippen LogP contribution is -2.50. The summed E-state index contributed by atoms with van der Waals surface area (Å²) in [6.45, 7) is 6.71. The van der Waals surface area contributed by atoms with E-state index in [9.17, 15) is 10.1 Å². The number of para-hydroxylation sites is 2. The second kappa shape index (κ2) is 7.27. The molecular weight excluding hydrogens is 312 g/mol. The largest absolute Gasteiger partial charge is 0.367 e. The molecule has 128 valence electrons. The van der Waals surface area contributed by atoms with Crippen LogP contribution in [0.3, 0.4) is 0 Å². The fourth-order valence-corrected chi connectivity index (χ4v) is 3.19. The Bertz CT molecular complexity index is 796. The Kier molecular flexibility index (Phi) is 4.90. The summed E-state index contributed by atoms with van der Waals surface area (Å²) in [5, 5.41) is 12.3. The van der Waals surface area contributed by atoms with Crippen LogP contribution < -0.4 is 10.2 Å². The number of piperazine rings is 1. The zero-order valence-electron chi connectivity index (χ0n) is 14.6. The number of rotatable bonds is 2. The average Bonchev–Trinajstić information content (AvgIpc) is 2.65. The number of carbonyl (C=O) groups is 1. The fraction of sp³-hybridized carbons (Fsp3) is 0.300. The number of anilines is 2. The molecule has 1 fully saturated rings. The minimum Gasteiger partial charge on any atom is -0.367 e. The number of hydrogen-bond acceptors (Lipinski definition) is 3. The van der Waals surface area contributed by atoms with Gasteiger partial charge in [0.1, 0.15) is 6.07 Å². The molecule has 0 atom stereocenters. The predicted molar refractivity (Wildman–Crippen MR) is 99.9 cm³/mol. The molecule has 0 radical (unpaired) electrons. The Morgan fingerprint density at radius 1 is 1.00 bits per heavy atom. The topological polar surface area (TPSA) is 59.4 Å². The van der Waals surface area contributed by atoms with Gasteiger partial charge in [0, 0.05) is 31.9 Å². The molecule has 1 N–H and O–H groups in total. The number of nitriles is 1. The van der Waals surface area contributed by atoms with Crippen molar-refractivity contribution in [2.45, 2.75) is 13.8 Å². The van der Waals surface area contributed by atoms with Crippen molar-refractivity contribution < 1.29 is 4.79 Å². The van der Waals surface area contributed by atoms with Gasteiger partial charge in [-0.2, -0.15) is 5.26 Å². The molecule has 0 spiro atoms. The summed E-state index contributed by atoms with van der Waals surface area (Å²) < 4.78 is 0. The lowest BCUT2D eigenvalue weighted by Gasteiger charge is -2.36. The number of benzene rings is 2. The van der Waals surface area contributed by atoms with Gasteiger partial charge in [-0.15, -0.1) is 0 Å². The molecule has 0 saturated carbocycles. The predicted octanol–water partition coefficient (Wildman–Crippen LogP) is 3.53. The van der Waals surface area contributed by atoms with Crippen LogP contribution in [0.1, 0.15) is 16.7 Å². The molecule has 1 saturated heterocycles. The monoisotopic (exact) mass is 334 g/mol. The average molecular weight is 334 g/mol. The fourth-order valence-electron chi connectivity index (χ4n) is 3.19. The van der Waals surface area contributed by atoms with E-state index in [4.69, 9.17) is 0 Å². The van der Waals surface area contributed by atoms with Gasteiger partial charge in [-0.05, 0) is 37.1 Å². The third kappa shape index (κ3) is 3.58. The van der Waals surface area contributed by atoms with Crippen LogP contribution in [0, 0.1) is 25.2 Å². The highest BCUT2D eigenvalue weighted by Gasteiger charge is 2.23. The van der Waals surface area contributed by atoms with Crippen molar-refractivity contribution in [1.82, 2.24) is 4.90 Å². The Morgan fingerprint density at radius 2 is 1.64 bits per heavy atom. The maximum atomic E-state index is 12.6. The van der Waals surface area contributed by atoms with Crippen molar-refractivity contribution in [3.8, 4) is 6.07 Å². The molecule has 0 aliphatic carbocycles. The van der Waals surface area contributed by atoms with Gasteiger partial charge < -0.3 is 15.1 Å². The molecule has 1 aliphatic heterocycles. The van der Waals surface area contributed by atoms with Crippen LogP contribution in [0.25, 0.3) is 0 Å². The molecular formula is C20H22N4O.